The average Bonchev–Trinajstić information content (AvgIpc) is 3.15. The minimum absolute atomic E-state index is 0.241. The average molecular weight is 254 g/mol. The number of carboxylic acid groups (broad SMARTS) is 1. The summed E-state index contributed by atoms with van der Waals surface area (Å²) in [5, 5.41) is 12.2. The molecule has 0 atom stereocenters. The van der Waals surface area contributed by atoms with Crippen molar-refractivity contribution in [2.45, 2.75) is 57.0 Å². The van der Waals surface area contributed by atoms with E-state index in [1.807, 2.05) is 0 Å². The molecule has 2 fully saturated rings. The number of carboxylic acids is 1. The second kappa shape index (κ2) is 4.78. The van der Waals surface area contributed by atoms with Crippen molar-refractivity contribution >= 4 is 12.0 Å². The number of nitrogens with zero attached hydrogens (tertiary/aromatic N) is 1. The topological polar surface area (TPSA) is 69.6 Å². The molecule has 2 N–H and O–H groups in total. The molecule has 5 nitrogen and oxygen atoms in total. The van der Waals surface area contributed by atoms with Gasteiger partial charge in [0.15, 0.2) is 0 Å². The summed E-state index contributed by atoms with van der Waals surface area (Å²) in [6.45, 7) is 2.13. The quantitative estimate of drug-likeness (QED) is 0.807. The Morgan fingerprint density at radius 2 is 1.78 bits per heavy atom. The highest BCUT2D eigenvalue weighted by Crippen LogP contribution is 2.33. The summed E-state index contributed by atoms with van der Waals surface area (Å²) in [6.07, 6.45) is 4.85. The standard InChI is InChI=1S/C13H22N2O3/c1-9-5-7-13(8-6-9,11(16)17)14-12(18)15(2)10-3-4-10/h9-10H,3-8H2,1-2H3,(H,14,18)(H,16,17). The van der Waals surface area contributed by atoms with Gasteiger partial charge in [0, 0.05) is 13.1 Å². The smallest absolute Gasteiger partial charge is 0.329 e. The fourth-order valence-corrected chi connectivity index (χ4v) is 2.57. The van der Waals surface area contributed by atoms with Crippen molar-refractivity contribution in [3.05, 3.63) is 0 Å². The molecule has 102 valence electrons. The lowest BCUT2D eigenvalue weighted by atomic mass is 9.77. The van der Waals surface area contributed by atoms with Crippen LogP contribution in [-0.2, 0) is 4.79 Å². The normalized spacial score (nSPS) is 31.8. The monoisotopic (exact) mass is 254 g/mol. The van der Waals surface area contributed by atoms with E-state index in [1.165, 1.54) is 0 Å². The van der Waals surface area contributed by atoms with E-state index in [2.05, 4.69) is 12.2 Å². The molecule has 2 rings (SSSR count). The zero-order valence-electron chi connectivity index (χ0n) is 11.1. The highest BCUT2D eigenvalue weighted by atomic mass is 16.4. The predicted molar refractivity (Wildman–Crippen MR) is 67.3 cm³/mol. The number of aliphatic carboxylic acids is 1. The number of hydrogen-bond acceptors (Lipinski definition) is 2. The van der Waals surface area contributed by atoms with Crippen LogP contribution in [0.2, 0.25) is 0 Å². The zero-order chi connectivity index (χ0) is 13.3. The van der Waals surface area contributed by atoms with Crippen LogP contribution in [0.3, 0.4) is 0 Å². The first-order valence-corrected chi connectivity index (χ1v) is 6.73. The lowest BCUT2D eigenvalue weighted by Gasteiger charge is -2.37. The number of carbonyl (C=O) groups excluding carboxylic acids is 1. The summed E-state index contributed by atoms with van der Waals surface area (Å²) < 4.78 is 0. The molecule has 0 spiro atoms. The third kappa shape index (κ3) is 2.60. The number of carbonyl (C=O) groups is 2. The molecule has 2 aliphatic carbocycles. The number of amides is 2. The Hall–Kier alpha value is -1.26. The minimum atomic E-state index is -1.05. The van der Waals surface area contributed by atoms with E-state index in [-0.39, 0.29) is 6.03 Å². The van der Waals surface area contributed by atoms with Crippen LogP contribution in [0, 0.1) is 5.92 Å². The van der Waals surface area contributed by atoms with Crippen LogP contribution in [0.25, 0.3) is 0 Å². The summed E-state index contributed by atoms with van der Waals surface area (Å²) in [4.78, 5) is 25.2. The molecule has 0 aromatic carbocycles. The molecule has 2 aliphatic rings. The number of hydrogen-bond donors (Lipinski definition) is 2. The Labute approximate surface area is 108 Å². The van der Waals surface area contributed by atoms with Crippen LogP contribution >= 0.6 is 0 Å². The molecule has 2 amide bonds. The summed E-state index contributed by atoms with van der Waals surface area (Å²) >= 11 is 0. The maximum atomic E-state index is 12.0. The number of rotatable bonds is 3. The van der Waals surface area contributed by atoms with Crippen LogP contribution < -0.4 is 5.32 Å². The molecule has 0 saturated heterocycles. The van der Waals surface area contributed by atoms with Gasteiger partial charge in [0.05, 0.1) is 0 Å². The lowest BCUT2D eigenvalue weighted by Crippen LogP contribution is -2.59. The highest BCUT2D eigenvalue weighted by molar-refractivity contribution is 5.86. The highest BCUT2D eigenvalue weighted by Gasteiger charge is 2.44. The fraction of sp³-hybridized carbons (Fsp3) is 0.846. The van der Waals surface area contributed by atoms with Gasteiger partial charge in [-0.2, -0.15) is 0 Å². The Morgan fingerprint density at radius 3 is 2.22 bits per heavy atom. The van der Waals surface area contributed by atoms with Crippen molar-refractivity contribution in [2.24, 2.45) is 5.92 Å². The van der Waals surface area contributed by atoms with Gasteiger partial charge in [-0.05, 0) is 44.4 Å². The fourth-order valence-electron chi connectivity index (χ4n) is 2.57. The van der Waals surface area contributed by atoms with E-state index in [4.69, 9.17) is 0 Å². The molecular formula is C13H22N2O3. The van der Waals surface area contributed by atoms with Gasteiger partial charge in [-0.3, -0.25) is 0 Å². The molecule has 0 aromatic rings. The second-order valence-corrected chi connectivity index (χ2v) is 5.84. The van der Waals surface area contributed by atoms with E-state index in [9.17, 15) is 14.7 Å². The van der Waals surface area contributed by atoms with Gasteiger partial charge in [-0.1, -0.05) is 6.92 Å². The first kappa shape index (κ1) is 13.2. The van der Waals surface area contributed by atoms with Gasteiger partial charge in [0.2, 0.25) is 0 Å². The molecule has 0 aliphatic heterocycles. The summed E-state index contributed by atoms with van der Waals surface area (Å²) in [5.41, 5.74) is -1.05. The molecule has 0 bridgehead atoms. The summed E-state index contributed by atoms with van der Waals surface area (Å²) in [7, 11) is 1.74. The van der Waals surface area contributed by atoms with Crippen molar-refractivity contribution in [2.75, 3.05) is 7.05 Å². The maximum Gasteiger partial charge on any atom is 0.329 e. The van der Waals surface area contributed by atoms with Crippen LogP contribution in [0.4, 0.5) is 4.79 Å². The molecule has 2 saturated carbocycles. The van der Waals surface area contributed by atoms with E-state index in [0.29, 0.717) is 24.8 Å². The van der Waals surface area contributed by atoms with Gasteiger partial charge in [-0.15, -0.1) is 0 Å². The molecule has 0 heterocycles. The Bertz CT molecular complexity index is 344. The van der Waals surface area contributed by atoms with Gasteiger partial charge in [0.1, 0.15) is 5.54 Å². The number of urea groups is 1. The maximum absolute atomic E-state index is 12.0. The van der Waals surface area contributed by atoms with Gasteiger partial charge < -0.3 is 15.3 Å². The predicted octanol–water partition coefficient (Wildman–Crippen LogP) is 1.82. The van der Waals surface area contributed by atoms with Crippen molar-refractivity contribution in [1.82, 2.24) is 10.2 Å². The van der Waals surface area contributed by atoms with E-state index in [1.54, 1.807) is 11.9 Å². The van der Waals surface area contributed by atoms with Crippen LogP contribution in [0.1, 0.15) is 45.4 Å². The molecular weight excluding hydrogens is 232 g/mol. The van der Waals surface area contributed by atoms with Gasteiger partial charge in [0.25, 0.3) is 0 Å². The Balaban J connectivity index is 2.01. The van der Waals surface area contributed by atoms with Crippen molar-refractivity contribution in [3.8, 4) is 0 Å². The lowest BCUT2D eigenvalue weighted by molar-refractivity contribution is -0.146. The Kier molecular flexibility index (Phi) is 3.50. The van der Waals surface area contributed by atoms with Gasteiger partial charge in [-0.25, -0.2) is 9.59 Å². The third-order valence-corrected chi connectivity index (χ3v) is 4.30. The first-order valence-electron chi connectivity index (χ1n) is 6.73. The SMILES string of the molecule is CC1CCC(NC(=O)N(C)C2CC2)(C(=O)O)CC1. The molecule has 5 heteroatoms. The van der Waals surface area contributed by atoms with Crippen LogP contribution in [-0.4, -0.2) is 40.6 Å². The Morgan fingerprint density at radius 1 is 1.22 bits per heavy atom. The molecule has 0 radical (unpaired) electrons. The minimum Gasteiger partial charge on any atom is -0.480 e. The third-order valence-electron chi connectivity index (χ3n) is 4.30. The van der Waals surface area contributed by atoms with Crippen molar-refractivity contribution < 1.29 is 14.7 Å². The zero-order valence-corrected chi connectivity index (χ0v) is 11.1. The van der Waals surface area contributed by atoms with E-state index in [0.717, 1.165) is 25.7 Å². The largest absolute Gasteiger partial charge is 0.480 e. The summed E-state index contributed by atoms with van der Waals surface area (Å²) in [6, 6.07) is 0.0628. The number of nitrogens with one attached hydrogen (secondary N) is 1. The van der Waals surface area contributed by atoms with E-state index < -0.39 is 11.5 Å². The van der Waals surface area contributed by atoms with E-state index >= 15 is 0 Å². The molecule has 0 aromatic heterocycles. The molecule has 0 unspecified atom stereocenters. The van der Waals surface area contributed by atoms with Gasteiger partial charge >= 0.3 is 12.0 Å². The van der Waals surface area contributed by atoms with Crippen molar-refractivity contribution in [3.63, 3.8) is 0 Å². The summed E-state index contributed by atoms with van der Waals surface area (Å²) in [5.74, 6) is -0.345. The second-order valence-electron chi connectivity index (χ2n) is 5.84. The first-order chi connectivity index (χ1) is 8.44. The van der Waals surface area contributed by atoms with Crippen LogP contribution in [0.5, 0.6) is 0 Å². The van der Waals surface area contributed by atoms with Crippen molar-refractivity contribution in [1.29, 1.82) is 0 Å². The van der Waals surface area contributed by atoms with Crippen LogP contribution in [0.15, 0.2) is 0 Å². The molecule has 18 heavy (non-hydrogen) atoms.